The topological polar surface area (TPSA) is 88.3 Å². The van der Waals surface area contributed by atoms with Crippen LogP contribution in [-0.4, -0.2) is 28.7 Å². The molecule has 0 bridgehead atoms. The molecule has 1 unspecified atom stereocenters. The molecule has 1 aromatic heterocycles. The number of fused-ring (bicyclic) bond motifs is 1. The number of hydrogen-bond donors (Lipinski definition) is 2. The van der Waals surface area contributed by atoms with Gasteiger partial charge in [-0.1, -0.05) is 29.8 Å². The van der Waals surface area contributed by atoms with E-state index >= 15 is 0 Å². The number of nitrogens with one attached hydrogen (secondary N) is 2. The summed E-state index contributed by atoms with van der Waals surface area (Å²) in [6, 6.07) is 6.41. The summed E-state index contributed by atoms with van der Waals surface area (Å²) in [6.45, 7) is 5.31. The molecule has 2 N–H and O–H groups in total. The second-order valence-corrected chi connectivity index (χ2v) is 7.95. The number of H-pyrrole nitrogens is 1. The van der Waals surface area contributed by atoms with Gasteiger partial charge in [0.05, 0.1) is 18.6 Å². The lowest BCUT2D eigenvalue weighted by Gasteiger charge is -2.20. The van der Waals surface area contributed by atoms with Gasteiger partial charge in [-0.05, 0) is 50.8 Å². The first-order valence-electron chi connectivity index (χ1n) is 9.77. The van der Waals surface area contributed by atoms with Crippen LogP contribution < -0.4 is 5.32 Å². The van der Waals surface area contributed by atoms with Gasteiger partial charge >= 0.3 is 5.97 Å². The predicted molar refractivity (Wildman–Crippen MR) is 110 cm³/mol. The average molecular weight is 417 g/mol. The summed E-state index contributed by atoms with van der Waals surface area (Å²) in [5, 5.41) is 3.34. The number of carbonyl (C=O) groups is 3. The Kier molecular flexibility index (Phi) is 6.42. The second kappa shape index (κ2) is 8.82. The summed E-state index contributed by atoms with van der Waals surface area (Å²) >= 11 is 6.31. The van der Waals surface area contributed by atoms with Crippen LogP contribution in [0.1, 0.15) is 76.8 Å². The van der Waals surface area contributed by atoms with Gasteiger partial charge in [-0.25, -0.2) is 0 Å². The van der Waals surface area contributed by atoms with Crippen LogP contribution in [0.25, 0.3) is 0 Å². The van der Waals surface area contributed by atoms with Crippen LogP contribution >= 0.6 is 11.6 Å². The third-order valence-corrected chi connectivity index (χ3v) is 5.33. The Bertz CT molecular complexity index is 948. The molecule has 1 aromatic carbocycles. The summed E-state index contributed by atoms with van der Waals surface area (Å²) in [4.78, 5) is 40.7. The minimum absolute atomic E-state index is 0.0495. The lowest BCUT2D eigenvalue weighted by Crippen LogP contribution is -2.32. The molecule has 0 aliphatic heterocycles. The van der Waals surface area contributed by atoms with Crippen molar-refractivity contribution in [1.29, 1.82) is 0 Å². The fourth-order valence-corrected chi connectivity index (χ4v) is 3.97. The zero-order valence-corrected chi connectivity index (χ0v) is 17.6. The maximum Gasteiger partial charge on any atom is 0.308 e. The number of rotatable bonds is 6. The molecule has 0 spiro atoms. The number of ketones is 1. The smallest absolute Gasteiger partial charge is 0.308 e. The molecule has 1 aliphatic rings. The predicted octanol–water partition coefficient (Wildman–Crippen LogP) is 4.31. The minimum atomic E-state index is -0.655. The zero-order chi connectivity index (χ0) is 21.1. The van der Waals surface area contributed by atoms with Gasteiger partial charge < -0.3 is 15.0 Å². The SMILES string of the molecule is Cc1c(C(=O)NC(CC(=O)OC(C)C)c2ccccc2Cl)[nH]c2c1C(=O)CCC2. The molecule has 1 atom stereocenters. The summed E-state index contributed by atoms with van der Waals surface area (Å²) in [6.07, 6.45) is 1.70. The van der Waals surface area contributed by atoms with E-state index in [0.717, 1.165) is 18.5 Å². The highest BCUT2D eigenvalue weighted by molar-refractivity contribution is 6.31. The molecule has 6 nitrogen and oxygen atoms in total. The Morgan fingerprint density at radius 2 is 1.97 bits per heavy atom. The zero-order valence-electron chi connectivity index (χ0n) is 16.8. The Morgan fingerprint density at radius 3 is 2.62 bits per heavy atom. The molecule has 0 saturated heterocycles. The third-order valence-electron chi connectivity index (χ3n) is 4.99. The minimum Gasteiger partial charge on any atom is -0.463 e. The van der Waals surface area contributed by atoms with Gasteiger partial charge in [0.25, 0.3) is 5.91 Å². The Morgan fingerprint density at radius 1 is 1.24 bits per heavy atom. The number of esters is 1. The molecule has 0 saturated carbocycles. The van der Waals surface area contributed by atoms with Crippen LogP contribution in [-0.2, 0) is 16.0 Å². The largest absolute Gasteiger partial charge is 0.463 e. The van der Waals surface area contributed by atoms with Crippen LogP contribution in [0.3, 0.4) is 0 Å². The van der Waals surface area contributed by atoms with Crippen molar-refractivity contribution in [2.24, 2.45) is 0 Å². The number of aromatic nitrogens is 1. The van der Waals surface area contributed by atoms with Crippen molar-refractivity contribution in [3.63, 3.8) is 0 Å². The molecule has 3 rings (SSSR count). The van der Waals surface area contributed by atoms with Crippen molar-refractivity contribution >= 4 is 29.3 Å². The van der Waals surface area contributed by atoms with E-state index < -0.39 is 12.0 Å². The van der Waals surface area contributed by atoms with Gasteiger partial charge in [-0.2, -0.15) is 0 Å². The molecular formula is C22H25ClN2O4. The van der Waals surface area contributed by atoms with Gasteiger partial charge in [0.2, 0.25) is 0 Å². The van der Waals surface area contributed by atoms with E-state index in [2.05, 4.69) is 10.3 Å². The van der Waals surface area contributed by atoms with Gasteiger partial charge in [0.15, 0.2) is 5.78 Å². The van der Waals surface area contributed by atoms with Crippen LogP contribution in [0, 0.1) is 6.92 Å². The van der Waals surface area contributed by atoms with Crippen LogP contribution in [0.5, 0.6) is 0 Å². The molecule has 1 amide bonds. The first-order chi connectivity index (χ1) is 13.8. The molecule has 2 aromatic rings. The van der Waals surface area contributed by atoms with Crippen molar-refractivity contribution in [2.75, 3.05) is 0 Å². The van der Waals surface area contributed by atoms with Crippen molar-refractivity contribution in [1.82, 2.24) is 10.3 Å². The number of Topliss-reactive ketones (excluding diaryl/α,β-unsaturated/α-hetero) is 1. The number of benzene rings is 1. The second-order valence-electron chi connectivity index (χ2n) is 7.55. The normalized spacial score (nSPS) is 14.4. The fourth-order valence-electron chi connectivity index (χ4n) is 3.71. The van der Waals surface area contributed by atoms with Crippen LogP contribution in [0.2, 0.25) is 5.02 Å². The molecule has 29 heavy (non-hydrogen) atoms. The number of amides is 1. The molecule has 1 aliphatic carbocycles. The van der Waals surface area contributed by atoms with E-state index in [9.17, 15) is 14.4 Å². The van der Waals surface area contributed by atoms with Gasteiger partial charge in [-0.15, -0.1) is 0 Å². The van der Waals surface area contributed by atoms with Crippen molar-refractivity contribution in [3.8, 4) is 0 Å². The summed E-state index contributed by atoms with van der Waals surface area (Å²) in [7, 11) is 0. The number of carbonyl (C=O) groups excluding carboxylic acids is 3. The lowest BCUT2D eigenvalue weighted by atomic mass is 9.93. The fraction of sp³-hybridized carbons (Fsp3) is 0.409. The van der Waals surface area contributed by atoms with Gasteiger partial charge in [-0.3, -0.25) is 14.4 Å². The summed E-state index contributed by atoms with van der Waals surface area (Å²) in [5.74, 6) is -0.753. The lowest BCUT2D eigenvalue weighted by molar-refractivity contribution is -0.147. The van der Waals surface area contributed by atoms with E-state index in [0.29, 0.717) is 33.8 Å². The standard InChI is InChI=1S/C22H25ClN2O4/c1-12(2)29-19(27)11-17(14-7-4-5-8-15(14)23)25-22(28)21-13(3)20-16(24-21)9-6-10-18(20)26/h4-5,7-8,12,17,24H,6,9-11H2,1-3H3,(H,25,28). The van der Waals surface area contributed by atoms with Gasteiger partial charge in [0, 0.05) is 22.7 Å². The van der Waals surface area contributed by atoms with Crippen LogP contribution in [0.15, 0.2) is 24.3 Å². The average Bonchev–Trinajstić information content (AvgIpc) is 2.99. The highest BCUT2D eigenvalue weighted by atomic mass is 35.5. The van der Waals surface area contributed by atoms with E-state index in [-0.39, 0.29) is 24.2 Å². The third kappa shape index (κ3) is 4.70. The molecular weight excluding hydrogens is 392 g/mol. The Balaban J connectivity index is 1.88. The maximum absolute atomic E-state index is 13.0. The quantitative estimate of drug-likeness (QED) is 0.687. The number of aromatic amines is 1. The molecule has 0 fully saturated rings. The van der Waals surface area contributed by atoms with E-state index in [1.807, 2.05) is 0 Å². The Hall–Kier alpha value is -2.60. The van der Waals surface area contributed by atoms with Gasteiger partial charge in [0.1, 0.15) is 5.69 Å². The van der Waals surface area contributed by atoms with E-state index in [4.69, 9.17) is 16.3 Å². The number of aryl methyl sites for hydroxylation is 1. The maximum atomic E-state index is 13.0. The monoisotopic (exact) mass is 416 g/mol. The van der Waals surface area contributed by atoms with Crippen molar-refractivity contribution in [3.05, 3.63) is 57.4 Å². The van der Waals surface area contributed by atoms with Crippen molar-refractivity contribution < 1.29 is 19.1 Å². The number of ether oxygens (including phenoxy) is 1. The van der Waals surface area contributed by atoms with Crippen LogP contribution in [0.4, 0.5) is 0 Å². The van der Waals surface area contributed by atoms with Crippen molar-refractivity contribution in [2.45, 2.75) is 58.6 Å². The van der Waals surface area contributed by atoms with E-state index in [1.165, 1.54) is 0 Å². The Labute approximate surface area is 175 Å². The first kappa shape index (κ1) is 21.1. The molecule has 0 radical (unpaired) electrons. The first-order valence-corrected chi connectivity index (χ1v) is 10.1. The highest BCUT2D eigenvalue weighted by Gasteiger charge is 2.28. The highest BCUT2D eigenvalue weighted by Crippen LogP contribution is 2.29. The number of halogens is 1. The summed E-state index contributed by atoms with van der Waals surface area (Å²) in [5.41, 5.74) is 3.05. The molecule has 154 valence electrons. The molecule has 1 heterocycles. The summed E-state index contributed by atoms with van der Waals surface area (Å²) < 4.78 is 5.25. The number of hydrogen-bond acceptors (Lipinski definition) is 4. The molecule has 7 heteroatoms. The van der Waals surface area contributed by atoms with E-state index in [1.54, 1.807) is 45.0 Å².